The van der Waals surface area contributed by atoms with Gasteiger partial charge in [-0.15, -0.1) is 0 Å². The average molecular weight is 298 g/mol. The number of nitro benzene ring substituents is 1. The van der Waals surface area contributed by atoms with Crippen LogP contribution in [0.25, 0.3) is 0 Å². The summed E-state index contributed by atoms with van der Waals surface area (Å²) in [6.45, 7) is 2.44. The van der Waals surface area contributed by atoms with Gasteiger partial charge in [0.1, 0.15) is 11.5 Å². The Hall–Kier alpha value is -2.22. The third-order valence-electron chi connectivity index (χ3n) is 3.74. The zero-order chi connectivity index (χ0) is 15.7. The Morgan fingerprint density at radius 2 is 2.24 bits per heavy atom. The molecule has 0 radical (unpaired) electrons. The highest BCUT2D eigenvalue weighted by molar-refractivity contribution is 5.90. The van der Waals surface area contributed by atoms with Crippen LogP contribution in [-0.4, -0.2) is 40.3 Å². The van der Waals surface area contributed by atoms with E-state index in [1.165, 1.54) is 0 Å². The number of benzene rings is 1. The molecule has 21 heavy (non-hydrogen) atoms. The zero-order valence-corrected chi connectivity index (χ0v) is 11.3. The summed E-state index contributed by atoms with van der Waals surface area (Å²) in [6, 6.07) is 1.62. The smallest absolute Gasteiger partial charge is 0.338 e. The van der Waals surface area contributed by atoms with Crippen molar-refractivity contribution in [3.05, 3.63) is 33.6 Å². The largest absolute Gasteiger partial charge is 0.478 e. The molecule has 1 aliphatic heterocycles. The van der Waals surface area contributed by atoms with Gasteiger partial charge in [0.05, 0.1) is 22.7 Å². The number of carboxylic acids is 1. The number of nitrogens with zero attached hydrogens (tertiary/aromatic N) is 2. The maximum atomic E-state index is 13.6. The molecule has 1 aromatic carbocycles. The van der Waals surface area contributed by atoms with E-state index in [4.69, 9.17) is 5.11 Å². The molecule has 1 heterocycles. The second kappa shape index (κ2) is 5.65. The van der Waals surface area contributed by atoms with Crippen LogP contribution in [0.5, 0.6) is 0 Å². The summed E-state index contributed by atoms with van der Waals surface area (Å²) in [4.78, 5) is 22.9. The number of anilines is 1. The SMILES string of the molecule is CC(O)C1CCN(c2cc(C(=O)O)c(F)cc2[N+](=O)[O-])C1. The van der Waals surface area contributed by atoms with Crippen molar-refractivity contribution in [1.82, 2.24) is 0 Å². The maximum absolute atomic E-state index is 13.6. The Bertz CT molecular complexity index is 590. The minimum atomic E-state index is -1.48. The molecule has 2 atom stereocenters. The second-order valence-electron chi connectivity index (χ2n) is 5.12. The lowest BCUT2D eigenvalue weighted by atomic mass is 10.0. The van der Waals surface area contributed by atoms with E-state index in [9.17, 15) is 24.4 Å². The van der Waals surface area contributed by atoms with Crippen molar-refractivity contribution in [1.29, 1.82) is 0 Å². The van der Waals surface area contributed by atoms with Crippen LogP contribution in [-0.2, 0) is 0 Å². The van der Waals surface area contributed by atoms with Gasteiger partial charge < -0.3 is 15.1 Å². The Labute approximate surface area is 119 Å². The molecule has 2 unspecified atom stereocenters. The number of hydrogen-bond donors (Lipinski definition) is 2. The van der Waals surface area contributed by atoms with E-state index < -0.39 is 34.1 Å². The highest BCUT2D eigenvalue weighted by Gasteiger charge is 2.31. The van der Waals surface area contributed by atoms with E-state index in [1.54, 1.807) is 11.8 Å². The van der Waals surface area contributed by atoms with Crippen molar-refractivity contribution in [2.45, 2.75) is 19.4 Å². The van der Waals surface area contributed by atoms with Crippen molar-refractivity contribution in [2.24, 2.45) is 5.92 Å². The maximum Gasteiger partial charge on any atom is 0.338 e. The Balaban J connectivity index is 2.44. The van der Waals surface area contributed by atoms with Gasteiger partial charge in [-0.3, -0.25) is 10.1 Å². The molecule has 1 aromatic rings. The highest BCUT2D eigenvalue weighted by atomic mass is 19.1. The highest BCUT2D eigenvalue weighted by Crippen LogP contribution is 2.35. The van der Waals surface area contributed by atoms with Gasteiger partial charge in [0.2, 0.25) is 0 Å². The molecule has 2 N–H and O–H groups in total. The number of rotatable bonds is 4. The van der Waals surface area contributed by atoms with Gasteiger partial charge in [-0.25, -0.2) is 9.18 Å². The summed E-state index contributed by atoms with van der Waals surface area (Å²) in [7, 11) is 0. The van der Waals surface area contributed by atoms with Gasteiger partial charge >= 0.3 is 5.97 Å². The van der Waals surface area contributed by atoms with Gasteiger partial charge in [-0.05, 0) is 19.4 Å². The van der Waals surface area contributed by atoms with Crippen LogP contribution in [0.4, 0.5) is 15.8 Å². The van der Waals surface area contributed by atoms with E-state index >= 15 is 0 Å². The first-order valence-corrected chi connectivity index (χ1v) is 6.45. The molecule has 0 spiro atoms. The quantitative estimate of drug-likeness (QED) is 0.647. The van der Waals surface area contributed by atoms with Gasteiger partial charge in [0, 0.05) is 19.0 Å². The predicted molar refractivity (Wildman–Crippen MR) is 72.0 cm³/mol. The molecular weight excluding hydrogens is 283 g/mol. The van der Waals surface area contributed by atoms with Crippen LogP contribution >= 0.6 is 0 Å². The molecule has 2 rings (SSSR count). The van der Waals surface area contributed by atoms with E-state index in [-0.39, 0.29) is 11.6 Å². The van der Waals surface area contributed by atoms with Gasteiger partial charge in [0.25, 0.3) is 5.69 Å². The van der Waals surface area contributed by atoms with Crippen LogP contribution in [0.1, 0.15) is 23.7 Å². The first-order chi connectivity index (χ1) is 9.81. The monoisotopic (exact) mass is 298 g/mol. The second-order valence-corrected chi connectivity index (χ2v) is 5.12. The number of aromatic carboxylic acids is 1. The van der Waals surface area contributed by atoms with Crippen LogP contribution in [0.3, 0.4) is 0 Å². The summed E-state index contributed by atoms with van der Waals surface area (Å²) < 4.78 is 13.6. The molecule has 8 heteroatoms. The van der Waals surface area contributed by atoms with Gasteiger partial charge in [0.15, 0.2) is 0 Å². The number of hydrogen-bond acceptors (Lipinski definition) is 5. The van der Waals surface area contributed by atoms with Crippen molar-refractivity contribution in [3.8, 4) is 0 Å². The Kier molecular flexibility index (Phi) is 4.08. The number of carbonyl (C=O) groups is 1. The average Bonchev–Trinajstić information content (AvgIpc) is 2.87. The molecule has 0 amide bonds. The first-order valence-electron chi connectivity index (χ1n) is 6.45. The summed E-state index contributed by atoms with van der Waals surface area (Å²) in [6.07, 6.45) is 0.0719. The fraction of sp³-hybridized carbons (Fsp3) is 0.462. The van der Waals surface area contributed by atoms with Crippen LogP contribution < -0.4 is 4.90 Å². The topological polar surface area (TPSA) is 104 Å². The van der Waals surface area contributed by atoms with Crippen LogP contribution in [0.2, 0.25) is 0 Å². The van der Waals surface area contributed by atoms with E-state index in [0.29, 0.717) is 25.6 Å². The standard InChI is InChI=1S/C13H15FN2O5/c1-7(17)8-2-3-15(6-8)11-4-9(13(18)19)10(14)5-12(11)16(20)21/h4-5,7-8,17H,2-3,6H2,1H3,(H,18,19). The number of carboxylic acid groups (broad SMARTS) is 1. The van der Waals surface area contributed by atoms with Crippen molar-refractivity contribution >= 4 is 17.3 Å². The molecular formula is C13H15FN2O5. The lowest BCUT2D eigenvalue weighted by molar-refractivity contribution is -0.384. The van der Waals surface area contributed by atoms with Gasteiger partial charge in [-0.1, -0.05) is 0 Å². The minimum absolute atomic E-state index is 0.0528. The van der Waals surface area contributed by atoms with Crippen LogP contribution in [0.15, 0.2) is 12.1 Å². The molecule has 0 aromatic heterocycles. The molecule has 1 saturated heterocycles. The van der Waals surface area contributed by atoms with Crippen LogP contribution in [0, 0.1) is 21.8 Å². The predicted octanol–water partition coefficient (Wildman–Crippen LogP) is 1.64. The number of nitro groups is 1. The third-order valence-corrected chi connectivity index (χ3v) is 3.74. The van der Waals surface area contributed by atoms with Gasteiger partial charge in [-0.2, -0.15) is 0 Å². The number of halogens is 1. The zero-order valence-electron chi connectivity index (χ0n) is 11.3. The van der Waals surface area contributed by atoms with Crippen molar-refractivity contribution in [3.63, 3.8) is 0 Å². The lowest BCUT2D eigenvalue weighted by Gasteiger charge is -2.20. The van der Waals surface area contributed by atoms with E-state index in [2.05, 4.69) is 0 Å². The molecule has 0 bridgehead atoms. The fourth-order valence-corrected chi connectivity index (χ4v) is 2.51. The first kappa shape index (κ1) is 15.2. The number of aliphatic hydroxyl groups is 1. The summed E-state index contributed by atoms with van der Waals surface area (Å²) in [5.74, 6) is -2.66. The lowest BCUT2D eigenvalue weighted by Crippen LogP contribution is -2.25. The molecule has 0 aliphatic carbocycles. The van der Waals surface area contributed by atoms with Crippen molar-refractivity contribution in [2.75, 3.05) is 18.0 Å². The molecule has 7 nitrogen and oxygen atoms in total. The molecule has 114 valence electrons. The number of aliphatic hydroxyl groups excluding tert-OH is 1. The molecule has 1 aliphatic rings. The fourth-order valence-electron chi connectivity index (χ4n) is 2.51. The van der Waals surface area contributed by atoms with Crippen molar-refractivity contribution < 1.29 is 24.3 Å². The summed E-state index contributed by atoms with van der Waals surface area (Å²) in [5.41, 5.74) is -0.998. The molecule has 0 saturated carbocycles. The normalized spacial score (nSPS) is 19.6. The third kappa shape index (κ3) is 2.94. The van der Waals surface area contributed by atoms with E-state index in [0.717, 1.165) is 6.07 Å². The van der Waals surface area contributed by atoms with E-state index in [1.807, 2.05) is 0 Å². The Morgan fingerprint density at radius 1 is 1.57 bits per heavy atom. The minimum Gasteiger partial charge on any atom is -0.478 e. The Morgan fingerprint density at radius 3 is 2.71 bits per heavy atom. The summed E-state index contributed by atoms with van der Waals surface area (Å²) >= 11 is 0. The summed E-state index contributed by atoms with van der Waals surface area (Å²) in [5, 5.41) is 29.5. The molecule has 1 fully saturated rings.